The van der Waals surface area contributed by atoms with Crippen molar-refractivity contribution in [1.29, 1.82) is 0 Å². The molecule has 0 saturated carbocycles. The predicted molar refractivity (Wildman–Crippen MR) is 53.7 cm³/mol. The first-order valence-corrected chi connectivity index (χ1v) is 4.36. The van der Waals surface area contributed by atoms with Crippen LogP contribution >= 0.6 is 0 Å². The van der Waals surface area contributed by atoms with Crippen molar-refractivity contribution >= 4 is 29.6 Å². The third kappa shape index (κ3) is 7.90. The first-order valence-electron chi connectivity index (χ1n) is 4.36. The van der Waals surface area contributed by atoms with Gasteiger partial charge in [-0.15, -0.1) is 0 Å². The van der Waals surface area contributed by atoms with E-state index in [0.29, 0.717) is 0 Å². The molecule has 1 aliphatic rings. The number of nitrogens with one attached hydrogen (secondary N) is 2. The molecule has 0 aromatic carbocycles. The van der Waals surface area contributed by atoms with Crippen LogP contribution in [0.15, 0.2) is 0 Å². The number of ketones is 1. The van der Waals surface area contributed by atoms with Crippen molar-refractivity contribution in [3.8, 4) is 0 Å². The Bertz CT molecular complexity index is 357. The fraction of sp³-hybridized carbons (Fsp3) is 0.375. The van der Waals surface area contributed by atoms with Crippen LogP contribution in [0.5, 0.6) is 0 Å². The standard InChI is InChI=1S/C4H5N3O3.C4H6O3.Na.H/c5-1-2(8)6-4(10)7-3(1)9;1-3(5)2-4(6)7;;/h1H,5H2,(H2,6,7,8,9,10);2H2,1H3,(H,6,7);;/q;;+1;-1. The van der Waals surface area contributed by atoms with Gasteiger partial charge in [0.05, 0.1) is 0 Å². The third-order valence-electron chi connectivity index (χ3n) is 1.44. The normalized spacial score (nSPS) is 14.4. The molecule has 96 valence electrons. The van der Waals surface area contributed by atoms with Gasteiger partial charge in [-0.1, -0.05) is 0 Å². The number of barbiturate groups is 1. The Morgan fingerprint density at radius 1 is 1.28 bits per heavy atom. The molecule has 10 heteroatoms. The molecule has 18 heavy (non-hydrogen) atoms. The number of urea groups is 1. The number of carboxylic acids is 1. The van der Waals surface area contributed by atoms with E-state index < -0.39 is 29.9 Å². The first kappa shape index (κ1) is 19.1. The summed E-state index contributed by atoms with van der Waals surface area (Å²) in [5.41, 5.74) is 5.01. The summed E-state index contributed by atoms with van der Waals surface area (Å²) in [5, 5.41) is 11.5. The number of amides is 4. The van der Waals surface area contributed by atoms with Gasteiger partial charge in [0.25, 0.3) is 11.8 Å². The SMILES string of the molecule is CC(=O)CC(=O)O.NC1C(=O)NC(=O)NC1=O.[H-].[Na+]. The second-order valence-corrected chi connectivity index (χ2v) is 3.06. The van der Waals surface area contributed by atoms with Crippen LogP contribution in [-0.4, -0.2) is 40.7 Å². The van der Waals surface area contributed by atoms with Crippen LogP contribution in [0.2, 0.25) is 0 Å². The van der Waals surface area contributed by atoms with Gasteiger partial charge in [0.2, 0.25) is 0 Å². The second-order valence-electron chi connectivity index (χ2n) is 3.06. The molecule has 0 atom stereocenters. The van der Waals surface area contributed by atoms with Crippen molar-refractivity contribution in [2.75, 3.05) is 0 Å². The summed E-state index contributed by atoms with van der Waals surface area (Å²) in [6.07, 6.45) is -0.361. The Kier molecular flexibility index (Phi) is 9.27. The van der Waals surface area contributed by atoms with Gasteiger partial charge in [-0.25, -0.2) is 4.79 Å². The Morgan fingerprint density at radius 2 is 1.67 bits per heavy atom. The van der Waals surface area contributed by atoms with E-state index >= 15 is 0 Å². The molecular formula is C8H12N3NaO6. The van der Waals surface area contributed by atoms with Gasteiger partial charge in [-0.05, 0) is 6.92 Å². The Labute approximate surface area is 125 Å². The van der Waals surface area contributed by atoms with Crippen LogP contribution in [0.3, 0.4) is 0 Å². The molecule has 0 aromatic rings. The van der Waals surface area contributed by atoms with E-state index in [1.54, 1.807) is 0 Å². The summed E-state index contributed by atoms with van der Waals surface area (Å²) in [7, 11) is 0. The molecule has 0 unspecified atom stereocenters. The smallest absolute Gasteiger partial charge is 1.00 e. The number of Topliss-reactive ketones (excluding diaryl/α,β-unsaturated/α-hetero) is 1. The quantitative estimate of drug-likeness (QED) is 0.288. The minimum Gasteiger partial charge on any atom is -1.00 e. The number of carbonyl (C=O) groups excluding carboxylic acids is 4. The minimum atomic E-state index is -1.27. The first-order chi connectivity index (χ1) is 7.73. The molecule has 0 radical (unpaired) electrons. The number of hydrogen-bond acceptors (Lipinski definition) is 6. The summed E-state index contributed by atoms with van der Waals surface area (Å²) in [5.74, 6) is -2.91. The molecule has 1 heterocycles. The number of nitrogens with two attached hydrogens (primary N) is 1. The van der Waals surface area contributed by atoms with Gasteiger partial charge in [-0.3, -0.25) is 29.8 Å². The molecule has 0 aromatic heterocycles. The van der Waals surface area contributed by atoms with Crippen LogP contribution < -0.4 is 45.9 Å². The van der Waals surface area contributed by atoms with E-state index in [2.05, 4.69) is 0 Å². The van der Waals surface area contributed by atoms with E-state index in [9.17, 15) is 24.0 Å². The summed E-state index contributed by atoms with van der Waals surface area (Å²) < 4.78 is 0. The van der Waals surface area contributed by atoms with Gasteiger partial charge in [0, 0.05) is 0 Å². The zero-order valence-corrected chi connectivity index (χ0v) is 11.9. The van der Waals surface area contributed by atoms with Crippen LogP contribution in [0.4, 0.5) is 4.79 Å². The molecule has 0 spiro atoms. The summed E-state index contributed by atoms with van der Waals surface area (Å²) in [4.78, 5) is 50.8. The summed E-state index contributed by atoms with van der Waals surface area (Å²) in [6.45, 7) is 1.24. The van der Waals surface area contributed by atoms with Crippen LogP contribution in [0, 0.1) is 0 Å². The number of carboxylic acid groups (broad SMARTS) is 1. The maximum absolute atomic E-state index is 10.5. The van der Waals surface area contributed by atoms with Gasteiger partial charge in [0.15, 0.2) is 6.04 Å². The minimum absolute atomic E-state index is 0. The molecule has 0 aliphatic carbocycles. The van der Waals surface area contributed by atoms with Crippen LogP contribution in [0.1, 0.15) is 14.8 Å². The molecule has 5 N–H and O–H groups in total. The van der Waals surface area contributed by atoms with E-state index in [4.69, 9.17) is 10.8 Å². The van der Waals surface area contributed by atoms with E-state index in [1.165, 1.54) is 6.92 Å². The van der Waals surface area contributed by atoms with Crippen molar-refractivity contribution < 1.29 is 60.1 Å². The third-order valence-corrected chi connectivity index (χ3v) is 1.44. The zero-order chi connectivity index (χ0) is 13.6. The molecule has 1 fully saturated rings. The van der Waals surface area contributed by atoms with Crippen molar-refractivity contribution in [2.24, 2.45) is 5.73 Å². The number of aliphatic carboxylic acids is 1. The molecule has 4 amide bonds. The topological polar surface area (TPSA) is 156 Å². The molecule has 1 aliphatic heterocycles. The molecule has 1 rings (SSSR count). The average Bonchev–Trinajstić information content (AvgIpc) is 2.12. The van der Waals surface area contributed by atoms with Gasteiger partial charge in [-0.2, -0.15) is 0 Å². The van der Waals surface area contributed by atoms with E-state index in [1.807, 2.05) is 10.6 Å². The zero-order valence-electron chi connectivity index (χ0n) is 10.9. The summed E-state index contributed by atoms with van der Waals surface area (Å²) in [6, 6.07) is -2.09. The summed E-state index contributed by atoms with van der Waals surface area (Å²) >= 11 is 0. The van der Waals surface area contributed by atoms with Crippen molar-refractivity contribution in [3.05, 3.63) is 0 Å². The van der Waals surface area contributed by atoms with Crippen molar-refractivity contribution in [2.45, 2.75) is 19.4 Å². The molecule has 1 saturated heterocycles. The number of carbonyl (C=O) groups is 5. The maximum atomic E-state index is 10.5. The van der Waals surface area contributed by atoms with Gasteiger partial charge in [0.1, 0.15) is 12.2 Å². The molecule has 9 nitrogen and oxygen atoms in total. The Morgan fingerprint density at radius 3 is 1.89 bits per heavy atom. The fourth-order valence-corrected chi connectivity index (χ4v) is 0.743. The Hall–Kier alpha value is -1.29. The number of hydrogen-bond donors (Lipinski definition) is 4. The average molecular weight is 269 g/mol. The second kappa shape index (κ2) is 8.75. The van der Waals surface area contributed by atoms with Gasteiger partial charge < -0.3 is 12.3 Å². The van der Waals surface area contributed by atoms with Crippen LogP contribution in [0.25, 0.3) is 0 Å². The van der Waals surface area contributed by atoms with Crippen molar-refractivity contribution in [3.63, 3.8) is 0 Å². The fourth-order valence-electron chi connectivity index (χ4n) is 0.743. The number of rotatable bonds is 2. The maximum Gasteiger partial charge on any atom is 1.00 e. The largest absolute Gasteiger partial charge is 1.00 e. The molecule has 0 bridgehead atoms. The van der Waals surface area contributed by atoms with E-state index in [-0.39, 0.29) is 43.2 Å². The van der Waals surface area contributed by atoms with Crippen molar-refractivity contribution in [1.82, 2.24) is 10.6 Å². The van der Waals surface area contributed by atoms with Crippen LogP contribution in [-0.2, 0) is 19.2 Å². The monoisotopic (exact) mass is 269 g/mol. The molecular weight excluding hydrogens is 257 g/mol. The van der Waals surface area contributed by atoms with E-state index in [0.717, 1.165) is 0 Å². The number of imide groups is 2. The van der Waals surface area contributed by atoms with Gasteiger partial charge >= 0.3 is 41.6 Å². The Balaban J connectivity index is -0.000000258. The predicted octanol–water partition coefficient (Wildman–Crippen LogP) is -5.15.